The smallest absolute Gasteiger partial charge is 0.0566 e. The first-order valence-corrected chi connectivity index (χ1v) is 4.28. The Morgan fingerprint density at radius 2 is 1.77 bits per heavy atom. The number of hydrogen-bond donors (Lipinski definition) is 2. The van der Waals surface area contributed by atoms with E-state index in [0.29, 0.717) is 0 Å². The molecular formula is C11H12N2. The van der Waals surface area contributed by atoms with E-state index in [0.717, 1.165) is 5.69 Å². The van der Waals surface area contributed by atoms with Gasteiger partial charge in [0.1, 0.15) is 0 Å². The van der Waals surface area contributed by atoms with Crippen LogP contribution in [0, 0.1) is 6.92 Å². The fourth-order valence-corrected chi connectivity index (χ4v) is 1.65. The van der Waals surface area contributed by atoms with Gasteiger partial charge < -0.3 is 5.43 Å². The Balaban J connectivity index is 2.87. The predicted molar refractivity (Wildman–Crippen MR) is 56.5 cm³/mol. The Hall–Kier alpha value is -1.54. The molecule has 0 aliphatic carbocycles. The van der Waals surface area contributed by atoms with E-state index in [1.165, 1.54) is 16.3 Å². The highest BCUT2D eigenvalue weighted by molar-refractivity contribution is 5.96. The summed E-state index contributed by atoms with van der Waals surface area (Å²) in [6.45, 7) is 2.09. The molecule has 0 radical (unpaired) electrons. The van der Waals surface area contributed by atoms with Crippen LogP contribution in [0.5, 0.6) is 0 Å². The maximum Gasteiger partial charge on any atom is 0.0566 e. The standard InChI is InChI=1S/C11H12N2/c1-8-4-2-5-9-6-3-7-10(13-12)11(8)9/h2-7,13H,12H2,1H3. The topological polar surface area (TPSA) is 38.0 Å². The molecule has 0 saturated carbocycles. The van der Waals surface area contributed by atoms with Gasteiger partial charge in [-0.05, 0) is 23.9 Å². The zero-order valence-corrected chi connectivity index (χ0v) is 7.54. The minimum absolute atomic E-state index is 0.982. The summed E-state index contributed by atoms with van der Waals surface area (Å²) in [5.41, 5.74) is 4.93. The molecule has 2 nitrogen and oxygen atoms in total. The number of fused-ring (bicyclic) bond motifs is 1. The Labute approximate surface area is 77.3 Å². The van der Waals surface area contributed by atoms with E-state index in [9.17, 15) is 0 Å². The lowest BCUT2D eigenvalue weighted by Crippen LogP contribution is -2.07. The largest absolute Gasteiger partial charge is 0.324 e. The van der Waals surface area contributed by atoms with E-state index in [2.05, 4.69) is 36.6 Å². The summed E-state index contributed by atoms with van der Waals surface area (Å²) in [5.74, 6) is 5.43. The molecule has 0 atom stereocenters. The van der Waals surface area contributed by atoms with Gasteiger partial charge >= 0.3 is 0 Å². The van der Waals surface area contributed by atoms with E-state index in [1.54, 1.807) is 0 Å². The number of hydrogen-bond acceptors (Lipinski definition) is 2. The first-order valence-electron chi connectivity index (χ1n) is 4.28. The van der Waals surface area contributed by atoms with Gasteiger partial charge in [0, 0.05) is 5.39 Å². The quantitative estimate of drug-likeness (QED) is 0.512. The molecule has 2 aromatic carbocycles. The van der Waals surface area contributed by atoms with Crippen LogP contribution in [0.3, 0.4) is 0 Å². The Kier molecular flexibility index (Phi) is 1.91. The van der Waals surface area contributed by atoms with Crippen molar-refractivity contribution in [2.45, 2.75) is 6.92 Å². The van der Waals surface area contributed by atoms with Crippen molar-refractivity contribution < 1.29 is 0 Å². The van der Waals surface area contributed by atoms with Gasteiger partial charge in [0.25, 0.3) is 0 Å². The summed E-state index contributed by atoms with van der Waals surface area (Å²) < 4.78 is 0. The molecule has 0 bridgehead atoms. The lowest BCUT2D eigenvalue weighted by molar-refractivity contribution is 1.36. The van der Waals surface area contributed by atoms with Crippen molar-refractivity contribution in [1.29, 1.82) is 0 Å². The summed E-state index contributed by atoms with van der Waals surface area (Å²) in [4.78, 5) is 0. The van der Waals surface area contributed by atoms with Crippen molar-refractivity contribution >= 4 is 16.5 Å². The molecule has 0 amide bonds. The minimum Gasteiger partial charge on any atom is -0.324 e. The first kappa shape index (κ1) is 8.08. The zero-order valence-electron chi connectivity index (χ0n) is 7.54. The van der Waals surface area contributed by atoms with Crippen molar-refractivity contribution in [1.82, 2.24) is 0 Å². The second kappa shape index (κ2) is 3.07. The molecule has 2 aromatic rings. The zero-order chi connectivity index (χ0) is 9.26. The molecule has 2 rings (SSSR count). The minimum atomic E-state index is 0.982. The average Bonchev–Trinajstić information content (AvgIpc) is 2.17. The van der Waals surface area contributed by atoms with Crippen molar-refractivity contribution in [3.63, 3.8) is 0 Å². The second-order valence-electron chi connectivity index (χ2n) is 3.12. The predicted octanol–water partition coefficient (Wildman–Crippen LogP) is 2.43. The molecule has 0 heterocycles. The molecule has 0 aromatic heterocycles. The van der Waals surface area contributed by atoms with Crippen LogP contribution < -0.4 is 11.3 Å². The van der Waals surface area contributed by atoms with E-state index in [-0.39, 0.29) is 0 Å². The van der Waals surface area contributed by atoms with Gasteiger partial charge in [-0.25, -0.2) is 0 Å². The van der Waals surface area contributed by atoms with E-state index in [4.69, 9.17) is 5.84 Å². The Bertz CT molecular complexity index is 430. The van der Waals surface area contributed by atoms with Crippen LogP contribution in [0.25, 0.3) is 10.8 Å². The number of nitrogens with one attached hydrogen (secondary N) is 1. The molecule has 3 N–H and O–H groups in total. The molecule has 66 valence electrons. The normalized spacial score (nSPS) is 10.3. The third-order valence-electron chi connectivity index (χ3n) is 2.27. The molecule has 0 spiro atoms. The SMILES string of the molecule is Cc1cccc2cccc(NN)c12. The van der Waals surface area contributed by atoms with Gasteiger partial charge in [-0.2, -0.15) is 0 Å². The van der Waals surface area contributed by atoms with Crippen LogP contribution in [0.2, 0.25) is 0 Å². The van der Waals surface area contributed by atoms with Gasteiger partial charge in [0.05, 0.1) is 5.69 Å². The maximum atomic E-state index is 5.43. The van der Waals surface area contributed by atoms with Crippen LogP contribution in [0.1, 0.15) is 5.56 Å². The van der Waals surface area contributed by atoms with Crippen LogP contribution in [0.15, 0.2) is 36.4 Å². The summed E-state index contributed by atoms with van der Waals surface area (Å²) >= 11 is 0. The molecule has 0 unspecified atom stereocenters. The van der Waals surface area contributed by atoms with Crippen molar-refractivity contribution in [3.05, 3.63) is 42.0 Å². The molecule has 13 heavy (non-hydrogen) atoms. The fraction of sp³-hybridized carbons (Fsp3) is 0.0909. The number of benzene rings is 2. The van der Waals surface area contributed by atoms with E-state index < -0.39 is 0 Å². The first-order chi connectivity index (χ1) is 6.33. The number of nitrogen functional groups attached to an aromatic ring is 1. The lowest BCUT2D eigenvalue weighted by atomic mass is 10.0. The van der Waals surface area contributed by atoms with Crippen molar-refractivity contribution in [2.24, 2.45) is 5.84 Å². The van der Waals surface area contributed by atoms with E-state index >= 15 is 0 Å². The highest BCUT2D eigenvalue weighted by atomic mass is 15.2. The third kappa shape index (κ3) is 1.25. The summed E-state index contributed by atoms with van der Waals surface area (Å²) in [5, 5.41) is 2.42. The number of rotatable bonds is 1. The summed E-state index contributed by atoms with van der Waals surface area (Å²) in [6, 6.07) is 12.3. The van der Waals surface area contributed by atoms with E-state index in [1.807, 2.05) is 12.1 Å². The van der Waals surface area contributed by atoms with Crippen molar-refractivity contribution in [3.8, 4) is 0 Å². The maximum absolute atomic E-state index is 5.43. The van der Waals surface area contributed by atoms with Crippen molar-refractivity contribution in [2.75, 3.05) is 5.43 Å². The number of nitrogens with two attached hydrogens (primary N) is 1. The Morgan fingerprint density at radius 3 is 2.46 bits per heavy atom. The van der Waals surface area contributed by atoms with Crippen LogP contribution in [0.4, 0.5) is 5.69 Å². The fourth-order valence-electron chi connectivity index (χ4n) is 1.65. The second-order valence-corrected chi connectivity index (χ2v) is 3.12. The van der Waals surface area contributed by atoms with Gasteiger partial charge in [0.2, 0.25) is 0 Å². The van der Waals surface area contributed by atoms with Gasteiger partial charge in [-0.3, -0.25) is 5.84 Å². The monoisotopic (exact) mass is 172 g/mol. The number of hydrazine groups is 1. The highest BCUT2D eigenvalue weighted by Crippen LogP contribution is 2.25. The van der Waals surface area contributed by atoms with Gasteiger partial charge in [0.15, 0.2) is 0 Å². The average molecular weight is 172 g/mol. The third-order valence-corrected chi connectivity index (χ3v) is 2.27. The Morgan fingerprint density at radius 1 is 1.08 bits per heavy atom. The molecule has 2 heteroatoms. The van der Waals surface area contributed by atoms with Gasteiger partial charge in [-0.1, -0.05) is 30.3 Å². The summed E-state index contributed by atoms with van der Waals surface area (Å²) in [7, 11) is 0. The summed E-state index contributed by atoms with van der Waals surface area (Å²) in [6.07, 6.45) is 0. The molecule has 0 aliphatic heterocycles. The molecular weight excluding hydrogens is 160 g/mol. The van der Waals surface area contributed by atoms with Gasteiger partial charge in [-0.15, -0.1) is 0 Å². The van der Waals surface area contributed by atoms with Crippen LogP contribution in [-0.2, 0) is 0 Å². The number of anilines is 1. The molecule has 0 fully saturated rings. The van der Waals surface area contributed by atoms with Crippen LogP contribution >= 0.6 is 0 Å². The highest BCUT2D eigenvalue weighted by Gasteiger charge is 2.00. The van der Waals surface area contributed by atoms with Crippen LogP contribution in [-0.4, -0.2) is 0 Å². The molecule has 0 aliphatic rings. The number of aryl methyl sites for hydroxylation is 1. The molecule has 0 saturated heterocycles. The lowest BCUT2D eigenvalue weighted by Gasteiger charge is -2.07.